The molecule has 0 aliphatic rings. The second-order valence-electron chi connectivity index (χ2n) is 4.15. The summed E-state index contributed by atoms with van der Waals surface area (Å²) in [6, 6.07) is 9.82. The third-order valence-corrected chi connectivity index (χ3v) is 2.67. The van der Waals surface area contributed by atoms with Crippen molar-refractivity contribution in [2.24, 2.45) is 0 Å². The van der Waals surface area contributed by atoms with Crippen molar-refractivity contribution in [3.05, 3.63) is 43.0 Å². The Kier molecular flexibility index (Phi) is 6.81. The van der Waals surface area contributed by atoms with Crippen molar-refractivity contribution in [1.82, 2.24) is 5.32 Å². The van der Waals surface area contributed by atoms with E-state index in [1.807, 2.05) is 35.2 Å². The van der Waals surface area contributed by atoms with Crippen molar-refractivity contribution in [3.63, 3.8) is 0 Å². The molecule has 3 heteroatoms. The minimum Gasteiger partial charge on any atom is -0.311 e. The summed E-state index contributed by atoms with van der Waals surface area (Å²) in [6.07, 6.45) is 3.85. The molecule has 98 valence electrons. The van der Waals surface area contributed by atoms with E-state index in [-0.39, 0.29) is 5.91 Å². The maximum atomic E-state index is 12.2. The highest BCUT2D eigenvalue weighted by molar-refractivity contribution is 5.94. The maximum Gasteiger partial charge on any atom is 0.240 e. The van der Waals surface area contributed by atoms with Crippen molar-refractivity contribution in [1.29, 1.82) is 0 Å². The number of nitrogens with zero attached hydrogens (tertiary/aromatic N) is 1. The number of nitrogens with one attached hydrogen (secondary N) is 1. The zero-order valence-corrected chi connectivity index (χ0v) is 11.1. The quantitative estimate of drug-likeness (QED) is 0.565. The van der Waals surface area contributed by atoms with Gasteiger partial charge in [0.2, 0.25) is 5.91 Å². The summed E-state index contributed by atoms with van der Waals surface area (Å²) in [6.45, 7) is 7.53. The van der Waals surface area contributed by atoms with Gasteiger partial charge in [0.05, 0.1) is 6.54 Å². The second kappa shape index (κ2) is 8.48. The standard InChI is InChI=1S/C15H22N2O/c1-3-5-12-17(14-9-7-6-8-10-14)15(18)13-16-11-4-2/h4,6-10,16H,2-3,5,11-13H2,1H3. The predicted octanol–water partition coefficient (Wildman–Crippen LogP) is 2.60. The Balaban J connectivity index is 2.65. The third-order valence-electron chi connectivity index (χ3n) is 2.67. The minimum absolute atomic E-state index is 0.108. The third kappa shape index (κ3) is 4.72. The largest absolute Gasteiger partial charge is 0.311 e. The van der Waals surface area contributed by atoms with Gasteiger partial charge >= 0.3 is 0 Å². The van der Waals surface area contributed by atoms with Gasteiger partial charge in [-0.25, -0.2) is 0 Å². The van der Waals surface area contributed by atoms with E-state index in [0.29, 0.717) is 13.1 Å². The average molecular weight is 246 g/mol. The molecule has 1 aromatic carbocycles. The van der Waals surface area contributed by atoms with E-state index < -0.39 is 0 Å². The van der Waals surface area contributed by atoms with Crippen LogP contribution in [0.4, 0.5) is 5.69 Å². The summed E-state index contributed by atoms with van der Waals surface area (Å²) in [5.74, 6) is 0.108. The fraction of sp³-hybridized carbons (Fsp3) is 0.400. The van der Waals surface area contributed by atoms with Gasteiger partial charge in [-0.1, -0.05) is 37.6 Å². The van der Waals surface area contributed by atoms with Crippen molar-refractivity contribution in [2.45, 2.75) is 19.8 Å². The van der Waals surface area contributed by atoms with Gasteiger partial charge in [-0.3, -0.25) is 4.79 Å². The lowest BCUT2D eigenvalue weighted by molar-refractivity contribution is -0.117. The smallest absolute Gasteiger partial charge is 0.240 e. The molecule has 1 N–H and O–H groups in total. The summed E-state index contributed by atoms with van der Waals surface area (Å²) in [5, 5.41) is 3.05. The van der Waals surface area contributed by atoms with Gasteiger partial charge in [-0.2, -0.15) is 0 Å². The van der Waals surface area contributed by atoms with Crippen LogP contribution in [0.3, 0.4) is 0 Å². The first-order valence-electron chi connectivity index (χ1n) is 6.46. The van der Waals surface area contributed by atoms with Gasteiger partial charge in [0.25, 0.3) is 0 Å². The van der Waals surface area contributed by atoms with E-state index in [2.05, 4.69) is 18.8 Å². The summed E-state index contributed by atoms with van der Waals surface area (Å²) in [4.78, 5) is 14.0. The number of para-hydroxylation sites is 1. The molecule has 0 unspecified atom stereocenters. The lowest BCUT2D eigenvalue weighted by Crippen LogP contribution is -2.39. The van der Waals surface area contributed by atoms with Crippen LogP contribution in [0.1, 0.15) is 19.8 Å². The van der Waals surface area contributed by atoms with E-state index in [0.717, 1.165) is 25.1 Å². The Morgan fingerprint density at radius 3 is 2.72 bits per heavy atom. The number of carbonyl (C=O) groups excluding carboxylic acids is 1. The summed E-state index contributed by atoms with van der Waals surface area (Å²) in [5.41, 5.74) is 0.969. The van der Waals surface area contributed by atoms with Gasteiger partial charge < -0.3 is 10.2 Å². The zero-order valence-electron chi connectivity index (χ0n) is 11.1. The molecule has 0 spiro atoms. The predicted molar refractivity (Wildman–Crippen MR) is 76.8 cm³/mol. The number of benzene rings is 1. The van der Waals surface area contributed by atoms with Crippen LogP contribution in [-0.2, 0) is 4.79 Å². The maximum absolute atomic E-state index is 12.2. The van der Waals surface area contributed by atoms with Crippen LogP contribution in [0.15, 0.2) is 43.0 Å². The van der Waals surface area contributed by atoms with Crippen LogP contribution in [0.25, 0.3) is 0 Å². The molecule has 0 bridgehead atoms. The number of carbonyl (C=O) groups is 1. The van der Waals surface area contributed by atoms with Gasteiger partial charge in [0.1, 0.15) is 0 Å². The molecule has 0 aliphatic heterocycles. The van der Waals surface area contributed by atoms with Crippen LogP contribution in [0, 0.1) is 0 Å². The van der Waals surface area contributed by atoms with Crippen molar-refractivity contribution in [2.75, 3.05) is 24.5 Å². The number of hydrogen-bond donors (Lipinski definition) is 1. The number of anilines is 1. The van der Waals surface area contributed by atoms with Gasteiger partial charge in [0, 0.05) is 18.8 Å². The molecule has 1 aromatic rings. The molecule has 18 heavy (non-hydrogen) atoms. The van der Waals surface area contributed by atoms with E-state index in [4.69, 9.17) is 0 Å². The molecule has 1 amide bonds. The Labute approximate surface area is 109 Å². The van der Waals surface area contributed by atoms with E-state index in [9.17, 15) is 4.79 Å². The van der Waals surface area contributed by atoms with Crippen LogP contribution in [-0.4, -0.2) is 25.5 Å². The Morgan fingerprint density at radius 1 is 1.39 bits per heavy atom. The van der Waals surface area contributed by atoms with Gasteiger partial charge in [-0.05, 0) is 18.6 Å². The molecule has 0 aliphatic carbocycles. The molecule has 0 atom stereocenters. The molecule has 1 rings (SSSR count). The van der Waals surface area contributed by atoms with E-state index in [1.54, 1.807) is 6.08 Å². The van der Waals surface area contributed by atoms with Gasteiger partial charge in [-0.15, -0.1) is 6.58 Å². The first-order valence-corrected chi connectivity index (χ1v) is 6.46. The second-order valence-corrected chi connectivity index (χ2v) is 4.15. The van der Waals surface area contributed by atoms with Crippen LogP contribution in [0.2, 0.25) is 0 Å². The zero-order chi connectivity index (χ0) is 13.2. The van der Waals surface area contributed by atoms with Crippen molar-refractivity contribution < 1.29 is 4.79 Å². The highest BCUT2D eigenvalue weighted by Gasteiger charge is 2.13. The highest BCUT2D eigenvalue weighted by Crippen LogP contribution is 2.14. The molecule has 0 saturated carbocycles. The number of hydrogen-bond acceptors (Lipinski definition) is 2. The lowest BCUT2D eigenvalue weighted by atomic mass is 10.2. The first-order chi connectivity index (χ1) is 8.79. The molecule has 0 heterocycles. The number of amides is 1. The normalized spacial score (nSPS) is 10.1. The van der Waals surface area contributed by atoms with Crippen molar-refractivity contribution in [3.8, 4) is 0 Å². The SMILES string of the molecule is C=CCNCC(=O)N(CCCC)c1ccccc1. The Hall–Kier alpha value is -1.61. The average Bonchev–Trinajstić information content (AvgIpc) is 2.41. The van der Waals surface area contributed by atoms with Crippen LogP contribution >= 0.6 is 0 Å². The highest BCUT2D eigenvalue weighted by atomic mass is 16.2. The molecule has 0 fully saturated rings. The van der Waals surface area contributed by atoms with Crippen molar-refractivity contribution >= 4 is 11.6 Å². The molecule has 0 aromatic heterocycles. The first kappa shape index (κ1) is 14.5. The molecule has 3 nitrogen and oxygen atoms in total. The topological polar surface area (TPSA) is 32.3 Å². The molecular weight excluding hydrogens is 224 g/mol. The fourth-order valence-electron chi connectivity index (χ4n) is 1.70. The fourth-order valence-corrected chi connectivity index (χ4v) is 1.70. The Bertz CT molecular complexity index is 362. The van der Waals surface area contributed by atoms with E-state index in [1.165, 1.54) is 0 Å². The minimum atomic E-state index is 0.108. The van der Waals surface area contributed by atoms with Crippen LogP contribution < -0.4 is 10.2 Å². The molecular formula is C15H22N2O. The van der Waals surface area contributed by atoms with Crippen LogP contribution in [0.5, 0.6) is 0 Å². The molecule has 0 radical (unpaired) electrons. The number of rotatable bonds is 8. The summed E-state index contributed by atoms with van der Waals surface area (Å²) < 4.78 is 0. The Morgan fingerprint density at radius 2 is 2.11 bits per heavy atom. The van der Waals surface area contributed by atoms with E-state index >= 15 is 0 Å². The monoisotopic (exact) mass is 246 g/mol. The number of unbranched alkanes of at least 4 members (excludes halogenated alkanes) is 1. The lowest BCUT2D eigenvalue weighted by Gasteiger charge is -2.22. The summed E-state index contributed by atoms with van der Waals surface area (Å²) >= 11 is 0. The molecule has 0 saturated heterocycles. The summed E-state index contributed by atoms with van der Waals surface area (Å²) in [7, 11) is 0. The van der Waals surface area contributed by atoms with Gasteiger partial charge in [0.15, 0.2) is 0 Å².